The second kappa shape index (κ2) is 5.24. The first-order chi connectivity index (χ1) is 6.33. The lowest BCUT2D eigenvalue weighted by molar-refractivity contribution is 0.367. The van der Waals surface area contributed by atoms with Gasteiger partial charge in [-0.15, -0.1) is 0 Å². The van der Waals surface area contributed by atoms with E-state index in [2.05, 4.69) is 18.3 Å². The quantitative estimate of drug-likeness (QED) is 0.678. The van der Waals surface area contributed by atoms with Gasteiger partial charge in [-0.05, 0) is 25.8 Å². The average Bonchev–Trinajstić information content (AvgIpc) is 2.41. The van der Waals surface area contributed by atoms with Crippen molar-refractivity contribution in [2.24, 2.45) is 0 Å². The van der Waals surface area contributed by atoms with Crippen LogP contribution in [0.25, 0.3) is 0 Å². The Morgan fingerprint density at radius 1 is 1.23 bits per heavy atom. The summed E-state index contributed by atoms with van der Waals surface area (Å²) in [4.78, 5) is 0. The van der Waals surface area contributed by atoms with E-state index < -0.39 is 0 Å². The molecule has 1 aliphatic rings. The van der Waals surface area contributed by atoms with Gasteiger partial charge >= 0.3 is 0 Å². The third-order valence-corrected chi connectivity index (χ3v) is 2.88. The number of rotatable bonds is 3. The molecule has 0 aliphatic heterocycles. The first-order valence-electron chi connectivity index (χ1n) is 5.49. The first-order valence-corrected chi connectivity index (χ1v) is 5.49. The summed E-state index contributed by atoms with van der Waals surface area (Å²) in [5.41, 5.74) is -0.188. The molecule has 0 radical (unpaired) electrons. The van der Waals surface area contributed by atoms with Crippen LogP contribution in [0.5, 0.6) is 0 Å². The monoisotopic (exact) mass is 180 g/mol. The highest BCUT2D eigenvalue weighted by Gasteiger charge is 2.29. The number of nitrogens with zero attached hydrogens (tertiary/aromatic N) is 1. The molecular weight excluding hydrogens is 160 g/mol. The molecule has 0 unspecified atom stereocenters. The Kier molecular flexibility index (Phi) is 4.24. The molecule has 0 bridgehead atoms. The summed E-state index contributed by atoms with van der Waals surface area (Å²) in [5.74, 6) is 0. The molecule has 1 saturated carbocycles. The summed E-state index contributed by atoms with van der Waals surface area (Å²) < 4.78 is 0. The highest BCUT2D eigenvalue weighted by atomic mass is 15.0. The van der Waals surface area contributed by atoms with Crippen molar-refractivity contribution in [1.82, 2.24) is 5.32 Å². The maximum Gasteiger partial charge on any atom is 0.106 e. The van der Waals surface area contributed by atoms with E-state index in [1.54, 1.807) is 0 Å². The van der Waals surface area contributed by atoms with Crippen LogP contribution < -0.4 is 5.32 Å². The minimum Gasteiger partial charge on any atom is -0.299 e. The fourth-order valence-electron chi connectivity index (χ4n) is 2.02. The number of hydrogen-bond donors (Lipinski definition) is 1. The molecular formula is C11H20N2. The zero-order chi connectivity index (χ0) is 9.57. The molecule has 2 nitrogen and oxygen atoms in total. The maximum atomic E-state index is 9.18. The van der Waals surface area contributed by atoms with Crippen LogP contribution in [0.3, 0.4) is 0 Å². The van der Waals surface area contributed by atoms with Crippen LogP contribution in [0.4, 0.5) is 0 Å². The third-order valence-electron chi connectivity index (χ3n) is 2.88. The summed E-state index contributed by atoms with van der Waals surface area (Å²) in [6, 6.07) is 2.48. The van der Waals surface area contributed by atoms with Gasteiger partial charge in [-0.1, -0.05) is 32.6 Å². The zero-order valence-electron chi connectivity index (χ0n) is 8.60. The average molecular weight is 180 g/mol. The van der Waals surface area contributed by atoms with Crippen molar-refractivity contribution in [2.45, 2.75) is 57.4 Å². The van der Waals surface area contributed by atoms with Gasteiger partial charge in [-0.3, -0.25) is 5.32 Å². The van der Waals surface area contributed by atoms with Crippen LogP contribution in [0.15, 0.2) is 0 Å². The second-order valence-corrected chi connectivity index (χ2v) is 4.03. The smallest absolute Gasteiger partial charge is 0.106 e. The maximum absolute atomic E-state index is 9.18. The van der Waals surface area contributed by atoms with Crippen molar-refractivity contribution in [2.75, 3.05) is 6.54 Å². The molecule has 2 heteroatoms. The van der Waals surface area contributed by atoms with Gasteiger partial charge in [-0.2, -0.15) is 5.26 Å². The van der Waals surface area contributed by atoms with Crippen LogP contribution in [-0.4, -0.2) is 12.1 Å². The van der Waals surface area contributed by atoms with Gasteiger partial charge in [0, 0.05) is 0 Å². The van der Waals surface area contributed by atoms with Gasteiger partial charge in [0.25, 0.3) is 0 Å². The van der Waals surface area contributed by atoms with Crippen molar-refractivity contribution in [1.29, 1.82) is 5.26 Å². The highest BCUT2D eigenvalue weighted by Crippen LogP contribution is 2.26. The molecule has 1 aliphatic carbocycles. The summed E-state index contributed by atoms with van der Waals surface area (Å²) in [6.45, 7) is 3.13. The van der Waals surface area contributed by atoms with Crippen molar-refractivity contribution >= 4 is 0 Å². The molecule has 0 aromatic heterocycles. The van der Waals surface area contributed by atoms with Gasteiger partial charge in [0.05, 0.1) is 6.07 Å². The normalized spacial score (nSPS) is 21.8. The van der Waals surface area contributed by atoms with E-state index in [1.165, 1.54) is 25.7 Å². The molecule has 0 aromatic rings. The fourth-order valence-corrected chi connectivity index (χ4v) is 2.02. The second-order valence-electron chi connectivity index (χ2n) is 4.03. The minimum absolute atomic E-state index is 0.188. The molecule has 0 amide bonds. The summed E-state index contributed by atoms with van der Waals surface area (Å²) in [5, 5.41) is 12.6. The Morgan fingerprint density at radius 3 is 2.31 bits per heavy atom. The van der Waals surface area contributed by atoms with E-state index in [4.69, 9.17) is 0 Å². The van der Waals surface area contributed by atoms with Crippen LogP contribution in [-0.2, 0) is 0 Å². The van der Waals surface area contributed by atoms with Crippen LogP contribution in [0.1, 0.15) is 51.9 Å². The molecule has 0 aromatic carbocycles. The van der Waals surface area contributed by atoms with Crippen LogP contribution in [0, 0.1) is 11.3 Å². The topological polar surface area (TPSA) is 35.8 Å². The Hall–Kier alpha value is -0.550. The summed E-state index contributed by atoms with van der Waals surface area (Å²) in [6.07, 6.45) is 8.24. The van der Waals surface area contributed by atoms with Crippen molar-refractivity contribution in [3.63, 3.8) is 0 Å². The Labute approximate surface area is 81.3 Å². The lowest BCUT2D eigenvalue weighted by Gasteiger charge is -2.26. The molecule has 1 rings (SSSR count). The van der Waals surface area contributed by atoms with Gasteiger partial charge in [-0.25, -0.2) is 0 Å². The summed E-state index contributed by atoms with van der Waals surface area (Å²) >= 11 is 0. The predicted molar refractivity (Wildman–Crippen MR) is 54.3 cm³/mol. The standard InChI is InChI=1S/C11H20N2/c1-2-9-13-11(10-12)7-5-3-4-6-8-11/h13H,2-9H2,1H3. The SMILES string of the molecule is CCCNC1(C#N)CCCCCC1. The molecule has 74 valence electrons. The van der Waals surface area contributed by atoms with Crippen LogP contribution in [0.2, 0.25) is 0 Å². The zero-order valence-corrected chi connectivity index (χ0v) is 8.60. The van der Waals surface area contributed by atoms with Crippen molar-refractivity contribution < 1.29 is 0 Å². The van der Waals surface area contributed by atoms with Crippen molar-refractivity contribution in [3.05, 3.63) is 0 Å². The highest BCUT2D eigenvalue weighted by molar-refractivity contribution is 5.07. The van der Waals surface area contributed by atoms with Gasteiger partial charge < -0.3 is 0 Å². The van der Waals surface area contributed by atoms with Gasteiger partial charge in [0.1, 0.15) is 5.54 Å². The molecule has 0 heterocycles. The molecule has 1 fully saturated rings. The minimum atomic E-state index is -0.188. The van der Waals surface area contributed by atoms with E-state index in [-0.39, 0.29) is 5.54 Å². The Bertz CT molecular complexity index is 173. The first kappa shape index (κ1) is 10.5. The molecule has 13 heavy (non-hydrogen) atoms. The Balaban J connectivity index is 2.50. The van der Waals surface area contributed by atoms with Crippen molar-refractivity contribution in [3.8, 4) is 6.07 Å². The number of hydrogen-bond acceptors (Lipinski definition) is 2. The third kappa shape index (κ3) is 3.00. The van der Waals surface area contributed by atoms with Gasteiger partial charge in [0.2, 0.25) is 0 Å². The van der Waals surface area contributed by atoms with Gasteiger partial charge in [0.15, 0.2) is 0 Å². The predicted octanol–water partition coefficient (Wildman–Crippen LogP) is 2.60. The fraction of sp³-hybridized carbons (Fsp3) is 0.909. The van der Waals surface area contributed by atoms with E-state index in [0.29, 0.717) is 0 Å². The largest absolute Gasteiger partial charge is 0.299 e. The molecule has 0 atom stereocenters. The van der Waals surface area contributed by atoms with Crippen LogP contribution >= 0.6 is 0 Å². The van der Waals surface area contributed by atoms with E-state index in [1.807, 2.05) is 0 Å². The lowest BCUT2D eigenvalue weighted by Crippen LogP contribution is -2.43. The number of nitriles is 1. The molecule has 0 saturated heterocycles. The molecule has 1 N–H and O–H groups in total. The Morgan fingerprint density at radius 2 is 1.85 bits per heavy atom. The molecule has 0 spiro atoms. The lowest BCUT2D eigenvalue weighted by atomic mass is 9.92. The summed E-state index contributed by atoms with van der Waals surface area (Å²) in [7, 11) is 0. The van der Waals surface area contributed by atoms with E-state index >= 15 is 0 Å². The number of nitrogens with one attached hydrogen (secondary N) is 1. The van der Waals surface area contributed by atoms with E-state index in [9.17, 15) is 5.26 Å². The van der Waals surface area contributed by atoms with E-state index in [0.717, 1.165) is 25.8 Å².